The number of halogens is 1. The molecule has 2 aromatic rings. The number of carbonyl (C=O) groups excluding carboxylic acids is 1. The Morgan fingerprint density at radius 1 is 1.21 bits per heavy atom. The third-order valence-electron chi connectivity index (χ3n) is 4.55. The fourth-order valence-electron chi connectivity index (χ4n) is 2.70. The van der Waals surface area contributed by atoms with Crippen LogP contribution in [0.5, 0.6) is 0 Å². The number of hydrogen-bond donors (Lipinski definition) is 2. The molecule has 152 valence electrons. The van der Waals surface area contributed by atoms with Crippen molar-refractivity contribution in [1.82, 2.24) is 4.72 Å². The van der Waals surface area contributed by atoms with Gasteiger partial charge in [0.15, 0.2) is 0 Å². The highest BCUT2D eigenvalue weighted by Crippen LogP contribution is 2.27. The number of amides is 1. The minimum atomic E-state index is -3.78. The van der Waals surface area contributed by atoms with E-state index in [9.17, 15) is 13.2 Å². The van der Waals surface area contributed by atoms with Crippen molar-refractivity contribution < 1.29 is 17.9 Å². The molecule has 28 heavy (non-hydrogen) atoms. The summed E-state index contributed by atoms with van der Waals surface area (Å²) in [5, 5.41) is 3.26. The van der Waals surface area contributed by atoms with E-state index in [4.69, 9.17) is 16.3 Å². The molecule has 1 atom stereocenters. The van der Waals surface area contributed by atoms with E-state index < -0.39 is 15.6 Å². The van der Waals surface area contributed by atoms with Gasteiger partial charge in [0.1, 0.15) is 5.60 Å². The van der Waals surface area contributed by atoms with Crippen molar-refractivity contribution in [3.05, 3.63) is 58.6 Å². The molecule has 0 heterocycles. The molecule has 1 amide bonds. The molecule has 0 saturated heterocycles. The first kappa shape index (κ1) is 22.4. The van der Waals surface area contributed by atoms with Gasteiger partial charge in [0.05, 0.1) is 4.90 Å². The van der Waals surface area contributed by atoms with E-state index in [0.717, 1.165) is 5.56 Å². The Balaban J connectivity index is 2.22. The highest BCUT2D eigenvalue weighted by Gasteiger charge is 2.29. The molecule has 0 bridgehead atoms. The van der Waals surface area contributed by atoms with Crippen LogP contribution in [0, 0.1) is 6.92 Å². The SMILES string of the molecule is CCC(=O)Nc1ccc(S(=O)(=O)NCC(C)(OC)c2cccc(Cl)c2)c(C)c1. The largest absolute Gasteiger partial charge is 0.372 e. The Kier molecular flexibility index (Phi) is 7.22. The van der Waals surface area contributed by atoms with Crippen LogP contribution in [0.4, 0.5) is 5.69 Å². The van der Waals surface area contributed by atoms with Gasteiger partial charge in [0.2, 0.25) is 15.9 Å². The second-order valence-corrected chi connectivity index (χ2v) is 8.82. The van der Waals surface area contributed by atoms with Gasteiger partial charge in [-0.15, -0.1) is 0 Å². The molecule has 0 radical (unpaired) electrons. The molecule has 0 saturated carbocycles. The standard InChI is InChI=1S/C20H25ClN2O4S/c1-5-19(24)23-17-9-10-18(14(2)11-17)28(25,26)22-13-20(3,27-4)15-7-6-8-16(21)12-15/h6-12,22H,5,13H2,1-4H3,(H,23,24). The molecule has 0 aromatic heterocycles. The van der Waals surface area contributed by atoms with Crippen LogP contribution in [0.25, 0.3) is 0 Å². The molecule has 8 heteroatoms. The number of hydrogen-bond acceptors (Lipinski definition) is 4. The number of ether oxygens (including phenoxy) is 1. The molecule has 0 fully saturated rings. The van der Waals surface area contributed by atoms with Gasteiger partial charge < -0.3 is 10.1 Å². The predicted molar refractivity (Wildman–Crippen MR) is 111 cm³/mol. The van der Waals surface area contributed by atoms with Crippen LogP contribution >= 0.6 is 11.6 Å². The number of benzene rings is 2. The van der Waals surface area contributed by atoms with Crippen molar-refractivity contribution in [2.75, 3.05) is 19.0 Å². The Hall–Kier alpha value is -1.93. The average molecular weight is 425 g/mol. The van der Waals surface area contributed by atoms with E-state index in [0.29, 0.717) is 22.7 Å². The number of sulfonamides is 1. The lowest BCUT2D eigenvalue weighted by atomic mass is 9.96. The number of rotatable bonds is 8. The first-order valence-corrected chi connectivity index (χ1v) is 10.7. The molecular formula is C20H25ClN2O4S. The molecule has 1 unspecified atom stereocenters. The second-order valence-electron chi connectivity index (χ2n) is 6.65. The number of nitrogens with one attached hydrogen (secondary N) is 2. The van der Waals surface area contributed by atoms with E-state index >= 15 is 0 Å². The third-order valence-corrected chi connectivity index (χ3v) is 6.35. The van der Waals surface area contributed by atoms with Crippen molar-refractivity contribution in [1.29, 1.82) is 0 Å². The number of anilines is 1. The highest BCUT2D eigenvalue weighted by atomic mass is 35.5. The van der Waals surface area contributed by atoms with Crippen LogP contribution in [-0.2, 0) is 25.2 Å². The lowest BCUT2D eigenvalue weighted by molar-refractivity contribution is -0.115. The van der Waals surface area contributed by atoms with E-state index in [1.165, 1.54) is 13.2 Å². The summed E-state index contributed by atoms with van der Waals surface area (Å²) in [6, 6.07) is 11.8. The first-order chi connectivity index (χ1) is 13.1. The van der Waals surface area contributed by atoms with Crippen LogP contribution < -0.4 is 10.0 Å². The normalized spacial score (nSPS) is 13.8. The van der Waals surface area contributed by atoms with Gasteiger partial charge >= 0.3 is 0 Å². The molecule has 0 aliphatic heterocycles. The van der Waals surface area contributed by atoms with Crippen LogP contribution in [0.15, 0.2) is 47.4 Å². The summed E-state index contributed by atoms with van der Waals surface area (Å²) in [6.45, 7) is 5.25. The van der Waals surface area contributed by atoms with Crippen LogP contribution in [0.1, 0.15) is 31.4 Å². The van der Waals surface area contributed by atoms with Crippen molar-refractivity contribution in [3.8, 4) is 0 Å². The van der Waals surface area contributed by atoms with Crippen molar-refractivity contribution >= 4 is 33.2 Å². The minimum absolute atomic E-state index is 0.0277. The van der Waals surface area contributed by atoms with Gasteiger partial charge in [-0.1, -0.05) is 30.7 Å². The number of aryl methyl sites for hydroxylation is 1. The fraction of sp³-hybridized carbons (Fsp3) is 0.350. The van der Waals surface area contributed by atoms with E-state index in [1.807, 2.05) is 6.07 Å². The number of methoxy groups -OCH3 is 1. The molecule has 2 rings (SSSR count). The summed E-state index contributed by atoms with van der Waals surface area (Å²) in [4.78, 5) is 11.7. The summed E-state index contributed by atoms with van der Waals surface area (Å²) in [5.74, 6) is -0.134. The molecular weight excluding hydrogens is 400 g/mol. The lowest BCUT2D eigenvalue weighted by Gasteiger charge is -2.29. The Bertz CT molecular complexity index is 962. The van der Waals surface area contributed by atoms with Crippen molar-refractivity contribution in [2.45, 2.75) is 37.7 Å². The Morgan fingerprint density at radius 2 is 1.93 bits per heavy atom. The zero-order chi connectivity index (χ0) is 20.9. The van der Waals surface area contributed by atoms with E-state index in [1.54, 1.807) is 51.1 Å². The number of carbonyl (C=O) groups is 1. The lowest BCUT2D eigenvalue weighted by Crippen LogP contribution is -2.40. The van der Waals surface area contributed by atoms with Gasteiger partial charge in [0.25, 0.3) is 0 Å². The van der Waals surface area contributed by atoms with E-state index in [-0.39, 0.29) is 17.3 Å². The summed E-state index contributed by atoms with van der Waals surface area (Å²) >= 11 is 6.05. The molecule has 2 N–H and O–H groups in total. The quantitative estimate of drug-likeness (QED) is 0.674. The summed E-state index contributed by atoms with van der Waals surface area (Å²) < 4.78 is 33.8. The summed E-state index contributed by atoms with van der Waals surface area (Å²) in [5.41, 5.74) is 0.966. The van der Waals surface area contributed by atoms with Gasteiger partial charge in [-0.05, 0) is 55.3 Å². The Labute approximate surface area is 171 Å². The zero-order valence-corrected chi connectivity index (χ0v) is 17.9. The van der Waals surface area contributed by atoms with E-state index in [2.05, 4.69) is 10.0 Å². The smallest absolute Gasteiger partial charge is 0.240 e. The maximum atomic E-state index is 12.8. The molecule has 2 aromatic carbocycles. The minimum Gasteiger partial charge on any atom is -0.372 e. The van der Waals surface area contributed by atoms with Crippen LogP contribution in [0.2, 0.25) is 5.02 Å². The summed E-state index contributed by atoms with van der Waals surface area (Å²) in [6.07, 6.45) is 0.347. The van der Waals surface area contributed by atoms with Crippen LogP contribution in [-0.4, -0.2) is 28.0 Å². The molecule has 0 aliphatic rings. The topological polar surface area (TPSA) is 84.5 Å². The van der Waals surface area contributed by atoms with Gasteiger partial charge in [-0.3, -0.25) is 4.79 Å². The predicted octanol–water partition coefficient (Wildman–Crippen LogP) is 3.84. The molecule has 0 spiro atoms. The van der Waals surface area contributed by atoms with Crippen LogP contribution in [0.3, 0.4) is 0 Å². The highest BCUT2D eigenvalue weighted by molar-refractivity contribution is 7.89. The van der Waals surface area contributed by atoms with Gasteiger partial charge in [-0.2, -0.15) is 0 Å². The van der Waals surface area contributed by atoms with Crippen molar-refractivity contribution in [3.63, 3.8) is 0 Å². The fourth-order valence-corrected chi connectivity index (χ4v) is 4.24. The molecule has 0 aliphatic carbocycles. The summed E-state index contributed by atoms with van der Waals surface area (Å²) in [7, 11) is -2.26. The third kappa shape index (κ3) is 5.32. The molecule has 6 nitrogen and oxygen atoms in total. The second kappa shape index (κ2) is 9.05. The maximum Gasteiger partial charge on any atom is 0.240 e. The first-order valence-electron chi connectivity index (χ1n) is 8.82. The van der Waals surface area contributed by atoms with Gasteiger partial charge in [-0.25, -0.2) is 13.1 Å². The van der Waals surface area contributed by atoms with Gasteiger partial charge in [0, 0.05) is 30.8 Å². The Morgan fingerprint density at radius 3 is 2.50 bits per heavy atom. The maximum absolute atomic E-state index is 12.8. The monoisotopic (exact) mass is 424 g/mol. The average Bonchev–Trinajstić information content (AvgIpc) is 2.66. The zero-order valence-electron chi connectivity index (χ0n) is 16.4. The van der Waals surface area contributed by atoms with Crippen molar-refractivity contribution in [2.24, 2.45) is 0 Å².